The van der Waals surface area contributed by atoms with Crippen LogP contribution in [0.5, 0.6) is 0 Å². The fourth-order valence-corrected chi connectivity index (χ4v) is 1.33. The molecule has 1 aromatic heterocycles. The molecule has 1 N–H and O–H groups in total. The van der Waals surface area contributed by atoms with Crippen LogP contribution in [0.2, 0.25) is 5.02 Å². The number of rotatable bonds is 2. The predicted molar refractivity (Wildman–Crippen MR) is 46.2 cm³/mol. The zero-order chi connectivity index (χ0) is 13.4. The second-order valence-corrected chi connectivity index (χ2v) is 3.26. The maximum Gasteiger partial charge on any atom is 0.433 e. The van der Waals surface area contributed by atoms with Gasteiger partial charge in [-0.15, -0.1) is 0 Å². The van der Waals surface area contributed by atoms with Crippen LogP contribution in [0.15, 0.2) is 6.07 Å². The van der Waals surface area contributed by atoms with Gasteiger partial charge in [0.05, 0.1) is 5.02 Å². The Balaban J connectivity index is 3.52. The summed E-state index contributed by atoms with van der Waals surface area (Å²) in [7, 11) is 0. The number of alkyl halides is 5. The molecule has 0 aromatic carbocycles. The van der Waals surface area contributed by atoms with Gasteiger partial charge in [0.15, 0.2) is 0 Å². The molecule has 94 valence electrons. The summed E-state index contributed by atoms with van der Waals surface area (Å²) in [5, 5.41) is 7.61. The van der Waals surface area contributed by atoms with Gasteiger partial charge in [0, 0.05) is 0 Å². The van der Waals surface area contributed by atoms with Gasteiger partial charge < -0.3 is 5.11 Å². The summed E-state index contributed by atoms with van der Waals surface area (Å²) in [6.45, 7) is 0. The number of aromatic nitrogens is 1. The Morgan fingerprint density at radius 2 is 1.94 bits per heavy atom. The van der Waals surface area contributed by atoms with Gasteiger partial charge in [-0.25, -0.2) is 18.6 Å². The van der Waals surface area contributed by atoms with Crippen molar-refractivity contribution in [3.05, 3.63) is 28.0 Å². The highest BCUT2D eigenvalue weighted by Crippen LogP contribution is 2.34. The molecule has 0 saturated heterocycles. The van der Waals surface area contributed by atoms with Gasteiger partial charge in [-0.2, -0.15) is 13.2 Å². The third-order valence-corrected chi connectivity index (χ3v) is 2.01. The Morgan fingerprint density at radius 3 is 2.29 bits per heavy atom. The Kier molecular flexibility index (Phi) is 3.56. The molecular weight excluding hydrogens is 273 g/mol. The van der Waals surface area contributed by atoms with Crippen LogP contribution >= 0.6 is 11.6 Å². The van der Waals surface area contributed by atoms with Crippen LogP contribution in [0.1, 0.15) is 28.2 Å². The largest absolute Gasteiger partial charge is 0.478 e. The lowest BCUT2D eigenvalue weighted by Gasteiger charge is -2.11. The van der Waals surface area contributed by atoms with Gasteiger partial charge >= 0.3 is 12.1 Å². The molecule has 0 radical (unpaired) electrons. The third kappa shape index (κ3) is 2.82. The molecular formula is C8H3ClF5NO2. The first-order valence-electron chi connectivity index (χ1n) is 3.93. The molecule has 3 nitrogen and oxygen atoms in total. The number of carboxylic acids is 1. The van der Waals surface area contributed by atoms with E-state index in [-0.39, 0.29) is 6.07 Å². The molecule has 1 aromatic rings. The van der Waals surface area contributed by atoms with Crippen LogP contribution in [0, 0.1) is 0 Å². The third-order valence-electron chi connectivity index (χ3n) is 1.71. The molecule has 1 heterocycles. The van der Waals surface area contributed by atoms with Crippen LogP contribution in [0.4, 0.5) is 22.0 Å². The monoisotopic (exact) mass is 275 g/mol. The normalized spacial score (nSPS) is 11.9. The Labute approximate surface area is 95.8 Å². The van der Waals surface area contributed by atoms with Crippen LogP contribution in [-0.2, 0) is 6.18 Å². The molecule has 0 aliphatic carbocycles. The van der Waals surface area contributed by atoms with Crippen molar-refractivity contribution in [3.63, 3.8) is 0 Å². The summed E-state index contributed by atoms with van der Waals surface area (Å²) in [4.78, 5) is 13.2. The summed E-state index contributed by atoms with van der Waals surface area (Å²) >= 11 is 5.23. The average Bonchev–Trinajstić information content (AvgIpc) is 2.13. The van der Waals surface area contributed by atoms with Crippen LogP contribution in [0.3, 0.4) is 0 Å². The molecule has 0 spiro atoms. The molecule has 0 amide bonds. The highest BCUT2D eigenvalue weighted by Gasteiger charge is 2.36. The summed E-state index contributed by atoms with van der Waals surface area (Å²) in [6, 6.07) is 0.191. The fraction of sp³-hybridized carbons (Fsp3) is 0.250. The fourth-order valence-electron chi connectivity index (χ4n) is 1.05. The Bertz CT molecular complexity index is 460. The predicted octanol–water partition coefficient (Wildman–Crippen LogP) is 3.39. The van der Waals surface area contributed by atoms with E-state index in [1.165, 1.54) is 0 Å². The van der Waals surface area contributed by atoms with Gasteiger partial charge in [-0.1, -0.05) is 11.6 Å². The molecule has 0 unspecified atom stereocenters. The zero-order valence-corrected chi connectivity index (χ0v) is 8.48. The summed E-state index contributed by atoms with van der Waals surface area (Å²) < 4.78 is 61.5. The van der Waals surface area contributed by atoms with Crippen LogP contribution in [0.25, 0.3) is 0 Å². The molecule has 0 fully saturated rings. The van der Waals surface area contributed by atoms with Crippen molar-refractivity contribution < 1.29 is 31.9 Å². The second kappa shape index (κ2) is 4.44. The molecule has 0 saturated carbocycles. The van der Waals surface area contributed by atoms with Crippen LogP contribution < -0.4 is 0 Å². The highest BCUT2D eigenvalue weighted by molar-refractivity contribution is 6.33. The molecule has 0 bridgehead atoms. The first kappa shape index (κ1) is 13.6. The van der Waals surface area contributed by atoms with Gasteiger partial charge in [-0.05, 0) is 6.07 Å². The maximum atomic E-state index is 12.4. The topological polar surface area (TPSA) is 50.2 Å². The number of hydrogen-bond donors (Lipinski definition) is 1. The van der Waals surface area contributed by atoms with Crippen molar-refractivity contribution in [2.45, 2.75) is 12.6 Å². The van der Waals surface area contributed by atoms with Gasteiger partial charge in [0.2, 0.25) is 0 Å². The van der Waals surface area contributed by atoms with E-state index in [0.717, 1.165) is 0 Å². The Morgan fingerprint density at radius 1 is 1.41 bits per heavy atom. The number of carboxylic acid groups (broad SMARTS) is 1. The number of halogens is 6. The molecule has 0 aliphatic rings. The highest BCUT2D eigenvalue weighted by atomic mass is 35.5. The summed E-state index contributed by atoms with van der Waals surface area (Å²) in [5.41, 5.74) is -4.30. The van der Waals surface area contributed by atoms with Crippen molar-refractivity contribution >= 4 is 17.6 Å². The van der Waals surface area contributed by atoms with E-state index in [4.69, 9.17) is 16.7 Å². The SMILES string of the molecule is O=C(O)c1c(Cl)cc(C(F)(F)F)nc1C(F)F. The van der Waals surface area contributed by atoms with Gasteiger partial charge in [0.25, 0.3) is 6.43 Å². The lowest BCUT2D eigenvalue weighted by atomic mass is 10.1. The Hall–Kier alpha value is -1.44. The van der Waals surface area contributed by atoms with Crippen molar-refractivity contribution in [1.82, 2.24) is 4.98 Å². The summed E-state index contributed by atoms with van der Waals surface area (Å²) in [6.07, 6.45) is -8.45. The first-order chi connectivity index (χ1) is 7.64. The number of aromatic carboxylic acids is 1. The van der Waals surface area contributed by atoms with Crippen molar-refractivity contribution in [2.75, 3.05) is 0 Å². The minimum absolute atomic E-state index is 0.191. The number of carbonyl (C=O) groups is 1. The smallest absolute Gasteiger partial charge is 0.433 e. The lowest BCUT2D eigenvalue weighted by molar-refractivity contribution is -0.141. The molecule has 0 atom stereocenters. The van der Waals surface area contributed by atoms with E-state index < -0.39 is 40.5 Å². The van der Waals surface area contributed by atoms with E-state index in [2.05, 4.69) is 4.98 Å². The second-order valence-electron chi connectivity index (χ2n) is 2.85. The molecule has 17 heavy (non-hydrogen) atoms. The average molecular weight is 276 g/mol. The van der Waals surface area contributed by atoms with Gasteiger partial charge in [-0.3, -0.25) is 0 Å². The number of nitrogens with zero attached hydrogens (tertiary/aromatic N) is 1. The molecule has 1 rings (SSSR count). The van der Waals surface area contributed by atoms with Gasteiger partial charge in [0.1, 0.15) is 17.0 Å². The van der Waals surface area contributed by atoms with E-state index in [1.54, 1.807) is 0 Å². The van der Waals surface area contributed by atoms with E-state index >= 15 is 0 Å². The van der Waals surface area contributed by atoms with Crippen molar-refractivity contribution in [3.8, 4) is 0 Å². The zero-order valence-electron chi connectivity index (χ0n) is 7.73. The quantitative estimate of drug-likeness (QED) is 0.842. The minimum atomic E-state index is -4.98. The first-order valence-corrected chi connectivity index (χ1v) is 4.31. The van der Waals surface area contributed by atoms with E-state index in [1.807, 2.05) is 0 Å². The maximum absolute atomic E-state index is 12.4. The molecule has 9 heteroatoms. The van der Waals surface area contributed by atoms with Crippen LogP contribution in [-0.4, -0.2) is 16.1 Å². The number of pyridine rings is 1. The van der Waals surface area contributed by atoms with Crippen molar-refractivity contribution in [2.24, 2.45) is 0 Å². The number of hydrogen-bond acceptors (Lipinski definition) is 2. The lowest BCUT2D eigenvalue weighted by Crippen LogP contribution is -2.14. The van der Waals surface area contributed by atoms with E-state index in [0.29, 0.717) is 0 Å². The molecule has 0 aliphatic heterocycles. The van der Waals surface area contributed by atoms with E-state index in [9.17, 15) is 26.7 Å². The summed E-state index contributed by atoms with van der Waals surface area (Å²) in [5.74, 6) is -1.87. The van der Waals surface area contributed by atoms with Crippen molar-refractivity contribution in [1.29, 1.82) is 0 Å². The minimum Gasteiger partial charge on any atom is -0.478 e. The standard InChI is InChI=1S/C8H3ClF5NO2/c9-2-1-3(8(12,13)14)15-5(6(10)11)4(2)7(16)17/h1,6H,(H,16,17).